The Morgan fingerprint density at radius 2 is 2.07 bits per heavy atom. The normalized spacial score (nSPS) is 25.9. The molecule has 0 spiro atoms. The summed E-state index contributed by atoms with van der Waals surface area (Å²) in [6, 6.07) is 14.0. The summed E-state index contributed by atoms with van der Waals surface area (Å²) >= 11 is 1.92. The first-order valence-corrected chi connectivity index (χ1v) is 10.5. The van der Waals surface area contributed by atoms with E-state index in [1.165, 1.54) is 5.56 Å². The molecule has 138 valence electrons. The highest BCUT2D eigenvalue weighted by Crippen LogP contribution is 2.50. The van der Waals surface area contributed by atoms with Crippen LogP contribution in [-0.2, 0) is 0 Å². The van der Waals surface area contributed by atoms with Crippen LogP contribution in [0, 0.1) is 5.92 Å². The van der Waals surface area contributed by atoms with Crippen molar-refractivity contribution in [2.24, 2.45) is 5.92 Å². The van der Waals surface area contributed by atoms with Crippen molar-refractivity contribution in [3.63, 3.8) is 0 Å². The maximum Gasteiger partial charge on any atom is 0.335 e. The molecule has 2 heterocycles. The number of benzene rings is 2. The lowest BCUT2D eigenvalue weighted by molar-refractivity contribution is 0.0696. The average molecular weight is 379 g/mol. The van der Waals surface area contributed by atoms with Gasteiger partial charge in [-0.2, -0.15) is 11.8 Å². The molecule has 0 aromatic heterocycles. The van der Waals surface area contributed by atoms with Crippen molar-refractivity contribution in [1.82, 2.24) is 0 Å². The van der Waals surface area contributed by atoms with Crippen molar-refractivity contribution in [3.05, 3.63) is 71.3 Å². The maximum atomic E-state index is 11.4. The molecular formula is C22H21NO3S. The Balaban J connectivity index is 1.47. The Kier molecular flexibility index (Phi) is 4.12. The molecule has 2 aromatic rings. The summed E-state index contributed by atoms with van der Waals surface area (Å²) in [4.78, 5) is 11.4. The quantitative estimate of drug-likeness (QED) is 0.754. The fourth-order valence-electron chi connectivity index (χ4n) is 4.31. The van der Waals surface area contributed by atoms with E-state index < -0.39 is 5.97 Å². The van der Waals surface area contributed by atoms with E-state index in [2.05, 4.69) is 35.7 Å². The van der Waals surface area contributed by atoms with Gasteiger partial charge in [-0.25, -0.2) is 4.79 Å². The molecule has 0 bridgehead atoms. The van der Waals surface area contributed by atoms with E-state index in [1.54, 1.807) is 6.07 Å². The first-order valence-electron chi connectivity index (χ1n) is 9.34. The SMILES string of the molecule is O=C(O)c1ccc2c(c1)[C@H]1C=CC[C@H]1[C@H](c1cccc(OC3CSC3)c1)N2. The van der Waals surface area contributed by atoms with Gasteiger partial charge in [-0.1, -0.05) is 24.3 Å². The molecule has 2 aromatic carbocycles. The number of hydrogen-bond donors (Lipinski definition) is 2. The summed E-state index contributed by atoms with van der Waals surface area (Å²) in [5.41, 5.74) is 3.69. The van der Waals surface area contributed by atoms with Gasteiger partial charge < -0.3 is 15.2 Å². The number of carbonyl (C=O) groups is 1. The van der Waals surface area contributed by atoms with Crippen molar-refractivity contribution < 1.29 is 14.6 Å². The number of rotatable bonds is 4. The number of hydrogen-bond acceptors (Lipinski definition) is 4. The number of anilines is 1. The summed E-state index contributed by atoms with van der Waals surface area (Å²) in [7, 11) is 0. The van der Waals surface area contributed by atoms with Crippen LogP contribution in [0.25, 0.3) is 0 Å². The minimum Gasteiger partial charge on any atom is -0.489 e. The number of nitrogens with one attached hydrogen (secondary N) is 1. The molecule has 1 saturated heterocycles. The number of ether oxygens (including phenoxy) is 1. The van der Waals surface area contributed by atoms with Gasteiger partial charge in [0.1, 0.15) is 11.9 Å². The predicted molar refractivity (Wildman–Crippen MR) is 108 cm³/mol. The van der Waals surface area contributed by atoms with Crippen molar-refractivity contribution >= 4 is 23.4 Å². The maximum absolute atomic E-state index is 11.4. The Bertz CT molecular complexity index is 922. The minimum absolute atomic E-state index is 0.187. The Morgan fingerprint density at radius 3 is 2.85 bits per heavy atom. The predicted octanol–water partition coefficient (Wildman–Crippen LogP) is 4.71. The number of aromatic carboxylic acids is 1. The standard InChI is InChI=1S/C22H21NO3S/c24-22(25)14-7-8-20-19(10-14)17-5-2-6-18(17)21(23-20)13-3-1-4-15(9-13)26-16-11-27-12-16/h1-5,7-10,16-18,21,23H,6,11-12H2,(H,24,25)/t17-,18+,21-/m0/s1. The van der Waals surface area contributed by atoms with E-state index >= 15 is 0 Å². The molecule has 1 aliphatic carbocycles. The zero-order valence-electron chi connectivity index (χ0n) is 14.8. The van der Waals surface area contributed by atoms with Gasteiger partial charge in [0.05, 0.1) is 11.6 Å². The zero-order chi connectivity index (χ0) is 18.4. The summed E-state index contributed by atoms with van der Waals surface area (Å²) in [6.45, 7) is 0. The molecule has 5 rings (SSSR count). The second kappa shape index (κ2) is 6.64. The molecule has 0 radical (unpaired) electrons. The monoisotopic (exact) mass is 379 g/mol. The third-order valence-electron chi connectivity index (χ3n) is 5.74. The molecule has 27 heavy (non-hydrogen) atoms. The molecule has 0 unspecified atom stereocenters. The van der Waals surface area contributed by atoms with Crippen LogP contribution in [0.2, 0.25) is 0 Å². The van der Waals surface area contributed by atoms with E-state index in [0.717, 1.165) is 34.9 Å². The smallest absolute Gasteiger partial charge is 0.335 e. The lowest BCUT2D eigenvalue weighted by atomic mass is 9.76. The van der Waals surface area contributed by atoms with Crippen LogP contribution in [0.1, 0.15) is 39.9 Å². The van der Waals surface area contributed by atoms with Crippen molar-refractivity contribution in [2.75, 3.05) is 16.8 Å². The molecule has 5 heteroatoms. The van der Waals surface area contributed by atoms with Gasteiger partial charge in [-0.05, 0) is 53.8 Å². The number of carboxylic acids is 1. The summed E-state index contributed by atoms with van der Waals surface area (Å²) in [5, 5.41) is 13.0. The topological polar surface area (TPSA) is 58.6 Å². The van der Waals surface area contributed by atoms with Crippen molar-refractivity contribution in [3.8, 4) is 5.75 Å². The van der Waals surface area contributed by atoms with E-state index in [0.29, 0.717) is 17.6 Å². The Labute approximate surface area is 162 Å². The highest BCUT2D eigenvalue weighted by molar-refractivity contribution is 8.00. The van der Waals surface area contributed by atoms with Gasteiger partial charge >= 0.3 is 5.97 Å². The number of fused-ring (bicyclic) bond motifs is 3. The second-order valence-electron chi connectivity index (χ2n) is 7.43. The second-order valence-corrected chi connectivity index (χ2v) is 8.51. The molecule has 0 saturated carbocycles. The van der Waals surface area contributed by atoms with E-state index in [9.17, 15) is 9.90 Å². The molecule has 3 aliphatic rings. The third kappa shape index (κ3) is 3.00. The third-order valence-corrected chi connectivity index (χ3v) is 6.95. The zero-order valence-corrected chi connectivity index (χ0v) is 15.6. The van der Waals surface area contributed by atoms with Crippen LogP contribution in [0.5, 0.6) is 5.75 Å². The highest BCUT2D eigenvalue weighted by Gasteiger charge is 2.38. The first-order chi connectivity index (χ1) is 13.2. The summed E-state index contributed by atoms with van der Waals surface area (Å²) < 4.78 is 6.08. The number of allylic oxidation sites excluding steroid dienone is 2. The molecule has 1 fully saturated rings. The van der Waals surface area contributed by atoms with Gasteiger partial charge in [-0.3, -0.25) is 0 Å². The van der Waals surface area contributed by atoms with Gasteiger partial charge in [0.25, 0.3) is 0 Å². The van der Waals surface area contributed by atoms with Gasteiger partial charge in [0.15, 0.2) is 0 Å². The van der Waals surface area contributed by atoms with Crippen molar-refractivity contribution in [2.45, 2.75) is 24.5 Å². The molecule has 4 nitrogen and oxygen atoms in total. The van der Waals surface area contributed by atoms with E-state index in [-0.39, 0.29) is 12.0 Å². The molecule has 0 amide bonds. The van der Waals surface area contributed by atoms with E-state index in [4.69, 9.17) is 4.74 Å². The Morgan fingerprint density at radius 1 is 1.19 bits per heavy atom. The van der Waals surface area contributed by atoms with Gasteiger partial charge in [-0.15, -0.1) is 0 Å². The van der Waals surface area contributed by atoms with Gasteiger partial charge in [0, 0.05) is 23.1 Å². The van der Waals surface area contributed by atoms with Crippen LogP contribution >= 0.6 is 11.8 Å². The van der Waals surface area contributed by atoms with Crippen LogP contribution in [0.3, 0.4) is 0 Å². The molecule has 3 atom stereocenters. The van der Waals surface area contributed by atoms with Crippen LogP contribution < -0.4 is 10.1 Å². The molecule has 2 aliphatic heterocycles. The summed E-state index contributed by atoms with van der Waals surface area (Å²) in [5.74, 6) is 2.83. The van der Waals surface area contributed by atoms with Crippen molar-refractivity contribution in [1.29, 1.82) is 0 Å². The lowest BCUT2D eigenvalue weighted by Crippen LogP contribution is -2.31. The van der Waals surface area contributed by atoms with Crippen LogP contribution in [0.4, 0.5) is 5.69 Å². The van der Waals surface area contributed by atoms with Crippen LogP contribution in [0.15, 0.2) is 54.6 Å². The van der Waals surface area contributed by atoms with E-state index in [1.807, 2.05) is 30.0 Å². The van der Waals surface area contributed by atoms with Gasteiger partial charge in [0.2, 0.25) is 0 Å². The molecular weight excluding hydrogens is 358 g/mol. The lowest BCUT2D eigenvalue weighted by Gasteiger charge is -2.38. The number of thioether (sulfide) groups is 1. The highest BCUT2D eigenvalue weighted by atomic mass is 32.2. The summed E-state index contributed by atoms with van der Waals surface area (Å²) in [6.07, 6.45) is 5.78. The molecule has 2 N–H and O–H groups in total. The van der Waals surface area contributed by atoms with Crippen LogP contribution in [-0.4, -0.2) is 28.7 Å². The average Bonchev–Trinajstić information content (AvgIpc) is 3.14. The fraction of sp³-hybridized carbons (Fsp3) is 0.318. The Hall–Kier alpha value is -2.40. The first kappa shape index (κ1) is 16.8. The minimum atomic E-state index is -0.877. The fourth-order valence-corrected chi connectivity index (χ4v) is 4.88. The largest absolute Gasteiger partial charge is 0.489 e. The number of carboxylic acid groups (broad SMARTS) is 1.